The minimum Gasteiger partial charge on any atom is -0.490 e. The number of rotatable bonds is 11. The number of nitrogens with one attached hydrogen (secondary N) is 1. The number of aliphatic hydroxyl groups excluding tert-OH is 1. The molecule has 2 aromatic carbocycles. The standard InChI is InChI=1S/C24H29NO7/c1-2-21(27)30-16-15-29-13-11-25-24(28)32-23-19-9-5-3-7-17(19)22(31-14-12-26)18-8-4-6-10-20(18)23/h2-3,5,7,9,26H,1,4,6,8,10-16H2,(H,25,28). The molecule has 0 unspecified atom stereocenters. The van der Waals surface area contributed by atoms with E-state index in [2.05, 4.69) is 11.9 Å². The molecule has 3 rings (SSSR count). The van der Waals surface area contributed by atoms with Crippen molar-refractivity contribution in [2.75, 3.05) is 39.6 Å². The van der Waals surface area contributed by atoms with Crippen molar-refractivity contribution in [3.05, 3.63) is 48.0 Å². The van der Waals surface area contributed by atoms with Gasteiger partial charge in [-0.2, -0.15) is 0 Å². The highest BCUT2D eigenvalue weighted by atomic mass is 16.6. The van der Waals surface area contributed by atoms with Gasteiger partial charge < -0.3 is 29.4 Å². The molecule has 0 saturated carbocycles. The van der Waals surface area contributed by atoms with Gasteiger partial charge in [0.1, 0.15) is 24.7 Å². The maximum atomic E-state index is 12.5. The number of carbonyl (C=O) groups excluding carboxylic acids is 2. The number of esters is 1. The quantitative estimate of drug-likeness (QED) is 0.313. The molecule has 32 heavy (non-hydrogen) atoms. The van der Waals surface area contributed by atoms with E-state index in [1.165, 1.54) is 0 Å². The first-order chi connectivity index (χ1) is 15.7. The SMILES string of the molecule is C=CC(=O)OCCOCCNC(=O)Oc1c2c(c(OCCO)c3ccccc13)CCCC2. The predicted octanol–water partition coefficient (Wildman–Crippen LogP) is 2.92. The summed E-state index contributed by atoms with van der Waals surface area (Å²) in [6.45, 7) is 4.32. The molecule has 0 spiro atoms. The van der Waals surface area contributed by atoms with E-state index >= 15 is 0 Å². The number of benzene rings is 2. The van der Waals surface area contributed by atoms with Gasteiger partial charge in [-0.1, -0.05) is 30.8 Å². The molecular formula is C24H29NO7. The van der Waals surface area contributed by atoms with Gasteiger partial charge in [0.05, 0.1) is 19.8 Å². The van der Waals surface area contributed by atoms with E-state index in [9.17, 15) is 14.7 Å². The van der Waals surface area contributed by atoms with Crippen LogP contribution in [0.25, 0.3) is 10.8 Å². The van der Waals surface area contributed by atoms with E-state index in [1.807, 2.05) is 24.3 Å². The van der Waals surface area contributed by atoms with Crippen molar-refractivity contribution >= 4 is 22.8 Å². The van der Waals surface area contributed by atoms with E-state index in [0.717, 1.165) is 59.4 Å². The number of hydrogen-bond donors (Lipinski definition) is 2. The van der Waals surface area contributed by atoms with E-state index in [-0.39, 0.29) is 39.6 Å². The highest BCUT2D eigenvalue weighted by Gasteiger charge is 2.25. The normalized spacial score (nSPS) is 12.7. The molecular weight excluding hydrogens is 414 g/mol. The Bertz CT molecular complexity index is 957. The summed E-state index contributed by atoms with van der Waals surface area (Å²) >= 11 is 0. The Kier molecular flexibility index (Phi) is 8.89. The topological polar surface area (TPSA) is 103 Å². The Hall–Kier alpha value is -3.10. The van der Waals surface area contributed by atoms with Gasteiger partial charge in [0.25, 0.3) is 0 Å². The van der Waals surface area contributed by atoms with Gasteiger partial charge in [0.15, 0.2) is 0 Å². The van der Waals surface area contributed by atoms with E-state index in [4.69, 9.17) is 18.9 Å². The Morgan fingerprint density at radius 3 is 2.38 bits per heavy atom. The third-order valence-electron chi connectivity index (χ3n) is 5.12. The first-order valence-electron chi connectivity index (χ1n) is 10.8. The number of fused-ring (bicyclic) bond motifs is 2. The van der Waals surface area contributed by atoms with Crippen molar-refractivity contribution in [1.29, 1.82) is 0 Å². The van der Waals surface area contributed by atoms with Gasteiger partial charge in [-0.3, -0.25) is 0 Å². The van der Waals surface area contributed by atoms with Crippen LogP contribution in [-0.2, 0) is 27.1 Å². The Balaban J connectivity index is 1.66. The molecule has 0 saturated heterocycles. The van der Waals surface area contributed by atoms with Crippen LogP contribution >= 0.6 is 0 Å². The lowest BCUT2D eigenvalue weighted by atomic mass is 9.87. The van der Waals surface area contributed by atoms with Gasteiger partial charge in [0, 0.05) is 34.5 Å². The number of aliphatic hydroxyl groups is 1. The van der Waals surface area contributed by atoms with Crippen molar-refractivity contribution in [3.8, 4) is 11.5 Å². The minimum absolute atomic E-state index is 0.0669. The summed E-state index contributed by atoms with van der Waals surface area (Å²) in [5.41, 5.74) is 2.03. The maximum absolute atomic E-state index is 12.5. The second-order valence-corrected chi connectivity index (χ2v) is 7.24. The monoisotopic (exact) mass is 443 g/mol. The molecule has 0 aromatic heterocycles. The molecule has 8 nitrogen and oxygen atoms in total. The predicted molar refractivity (Wildman–Crippen MR) is 119 cm³/mol. The Morgan fingerprint density at radius 2 is 1.69 bits per heavy atom. The highest BCUT2D eigenvalue weighted by Crippen LogP contribution is 2.44. The zero-order valence-corrected chi connectivity index (χ0v) is 18.1. The first-order valence-corrected chi connectivity index (χ1v) is 10.8. The lowest BCUT2D eigenvalue weighted by molar-refractivity contribution is -0.139. The molecule has 0 aliphatic heterocycles. The molecule has 0 atom stereocenters. The van der Waals surface area contributed by atoms with Gasteiger partial charge >= 0.3 is 12.1 Å². The Morgan fingerprint density at radius 1 is 1.00 bits per heavy atom. The van der Waals surface area contributed by atoms with Gasteiger partial charge in [-0.05, 0) is 25.7 Å². The Labute approximate surface area is 187 Å². The van der Waals surface area contributed by atoms with Crippen LogP contribution in [0.3, 0.4) is 0 Å². The lowest BCUT2D eigenvalue weighted by Gasteiger charge is -2.25. The summed E-state index contributed by atoms with van der Waals surface area (Å²) < 4.78 is 21.8. The third kappa shape index (κ3) is 5.99. The molecule has 2 aromatic rings. The van der Waals surface area contributed by atoms with E-state index in [1.54, 1.807) is 0 Å². The van der Waals surface area contributed by atoms with Crippen LogP contribution in [0.4, 0.5) is 4.79 Å². The van der Waals surface area contributed by atoms with Gasteiger partial charge in [-0.25, -0.2) is 9.59 Å². The zero-order valence-electron chi connectivity index (χ0n) is 18.1. The molecule has 0 fully saturated rings. The third-order valence-corrected chi connectivity index (χ3v) is 5.12. The molecule has 2 N–H and O–H groups in total. The minimum atomic E-state index is -0.561. The first kappa shape index (κ1) is 23.6. The summed E-state index contributed by atoms with van der Waals surface area (Å²) in [6.07, 6.45) is 4.20. The number of carbonyl (C=O) groups is 2. The average molecular weight is 443 g/mol. The summed E-state index contributed by atoms with van der Waals surface area (Å²) in [5.74, 6) is 0.822. The van der Waals surface area contributed by atoms with Crippen LogP contribution in [0.1, 0.15) is 24.0 Å². The largest absolute Gasteiger partial charge is 0.490 e. The van der Waals surface area contributed by atoms with Crippen LogP contribution in [0, 0.1) is 0 Å². The fourth-order valence-corrected chi connectivity index (χ4v) is 3.76. The van der Waals surface area contributed by atoms with Gasteiger partial charge in [0.2, 0.25) is 0 Å². The van der Waals surface area contributed by atoms with E-state index in [0.29, 0.717) is 5.75 Å². The lowest BCUT2D eigenvalue weighted by Crippen LogP contribution is -2.31. The molecule has 1 aliphatic carbocycles. The second-order valence-electron chi connectivity index (χ2n) is 7.24. The highest BCUT2D eigenvalue weighted by molar-refractivity contribution is 5.97. The van der Waals surface area contributed by atoms with Crippen LogP contribution < -0.4 is 14.8 Å². The fraction of sp³-hybridized carbons (Fsp3) is 0.417. The smallest absolute Gasteiger partial charge is 0.412 e. The number of hydrogen-bond acceptors (Lipinski definition) is 7. The molecule has 0 radical (unpaired) electrons. The van der Waals surface area contributed by atoms with Crippen LogP contribution in [0.5, 0.6) is 11.5 Å². The maximum Gasteiger partial charge on any atom is 0.412 e. The number of amides is 1. The van der Waals surface area contributed by atoms with Crippen molar-refractivity contribution in [2.45, 2.75) is 25.7 Å². The average Bonchev–Trinajstić information content (AvgIpc) is 2.82. The van der Waals surface area contributed by atoms with Crippen molar-refractivity contribution in [3.63, 3.8) is 0 Å². The van der Waals surface area contributed by atoms with Crippen molar-refractivity contribution < 1.29 is 33.6 Å². The summed E-state index contributed by atoms with van der Waals surface area (Å²) in [6, 6.07) is 7.66. The second kappa shape index (κ2) is 12.1. The van der Waals surface area contributed by atoms with Crippen molar-refractivity contribution in [1.82, 2.24) is 5.32 Å². The summed E-state index contributed by atoms with van der Waals surface area (Å²) in [5, 5.41) is 13.6. The van der Waals surface area contributed by atoms with Crippen LogP contribution in [0.15, 0.2) is 36.9 Å². The molecule has 172 valence electrons. The fourth-order valence-electron chi connectivity index (χ4n) is 3.76. The zero-order chi connectivity index (χ0) is 22.8. The van der Waals surface area contributed by atoms with Crippen molar-refractivity contribution in [2.24, 2.45) is 0 Å². The summed E-state index contributed by atoms with van der Waals surface area (Å²) in [7, 11) is 0. The molecule has 0 bridgehead atoms. The van der Waals surface area contributed by atoms with E-state index < -0.39 is 12.1 Å². The van der Waals surface area contributed by atoms with Crippen LogP contribution in [0.2, 0.25) is 0 Å². The summed E-state index contributed by atoms with van der Waals surface area (Å²) in [4.78, 5) is 23.4. The van der Waals surface area contributed by atoms with Crippen LogP contribution in [-0.4, -0.2) is 56.7 Å². The van der Waals surface area contributed by atoms with Gasteiger partial charge in [-0.15, -0.1) is 0 Å². The number of ether oxygens (including phenoxy) is 4. The molecule has 0 heterocycles. The molecule has 8 heteroatoms. The molecule has 1 aliphatic rings. The molecule has 1 amide bonds.